The summed E-state index contributed by atoms with van der Waals surface area (Å²) in [6, 6.07) is 10.9. The lowest BCUT2D eigenvalue weighted by Gasteiger charge is -2.43. The lowest BCUT2D eigenvalue weighted by atomic mass is 9.72. The number of nitrogens with one attached hydrogen (secondary N) is 1. The third-order valence-corrected chi connectivity index (χ3v) is 5.24. The second kappa shape index (κ2) is 5.64. The molecule has 1 fully saturated rings. The van der Waals surface area contributed by atoms with Crippen LogP contribution in [0.1, 0.15) is 23.4 Å². The third-order valence-electron chi connectivity index (χ3n) is 4.26. The van der Waals surface area contributed by atoms with Gasteiger partial charge in [0.25, 0.3) is 0 Å². The Labute approximate surface area is 124 Å². The molecule has 1 saturated heterocycles. The molecule has 1 aliphatic rings. The number of benzene rings is 1. The highest BCUT2D eigenvalue weighted by molar-refractivity contribution is 7.09. The molecule has 1 aromatic carbocycles. The molecule has 1 N–H and O–H groups in total. The SMILES string of the molecule is CN(C)C1CC(c2ccccc2)(c2nccs2)CCN1. The minimum atomic E-state index is 0.0512. The molecule has 2 aromatic rings. The molecule has 2 heterocycles. The Morgan fingerprint density at radius 1 is 1.30 bits per heavy atom. The average molecular weight is 287 g/mol. The fraction of sp³-hybridized carbons (Fsp3) is 0.438. The van der Waals surface area contributed by atoms with Gasteiger partial charge >= 0.3 is 0 Å². The molecule has 2 unspecified atom stereocenters. The summed E-state index contributed by atoms with van der Waals surface area (Å²) in [6.45, 7) is 1.03. The van der Waals surface area contributed by atoms with Crippen LogP contribution < -0.4 is 5.32 Å². The lowest BCUT2D eigenvalue weighted by molar-refractivity contribution is 0.160. The van der Waals surface area contributed by atoms with E-state index in [1.54, 1.807) is 11.3 Å². The summed E-state index contributed by atoms with van der Waals surface area (Å²) in [6.07, 6.45) is 4.50. The van der Waals surface area contributed by atoms with Gasteiger partial charge in [0.2, 0.25) is 0 Å². The first-order chi connectivity index (χ1) is 9.72. The number of hydrogen-bond donors (Lipinski definition) is 1. The van der Waals surface area contributed by atoms with E-state index in [0.29, 0.717) is 6.17 Å². The summed E-state index contributed by atoms with van der Waals surface area (Å²) in [4.78, 5) is 6.92. The highest BCUT2D eigenvalue weighted by Gasteiger charge is 2.41. The third kappa shape index (κ3) is 2.39. The van der Waals surface area contributed by atoms with E-state index in [9.17, 15) is 0 Å². The Morgan fingerprint density at radius 2 is 2.10 bits per heavy atom. The van der Waals surface area contributed by atoms with Crippen LogP contribution in [0.25, 0.3) is 0 Å². The summed E-state index contributed by atoms with van der Waals surface area (Å²) >= 11 is 1.78. The lowest BCUT2D eigenvalue weighted by Crippen LogP contribution is -2.52. The zero-order valence-corrected chi connectivity index (χ0v) is 12.9. The highest BCUT2D eigenvalue weighted by atomic mass is 32.1. The van der Waals surface area contributed by atoms with Crippen molar-refractivity contribution in [1.82, 2.24) is 15.2 Å². The number of rotatable bonds is 3. The molecule has 0 radical (unpaired) electrons. The summed E-state index contributed by atoms with van der Waals surface area (Å²) < 4.78 is 0. The van der Waals surface area contributed by atoms with Crippen molar-refractivity contribution >= 4 is 11.3 Å². The topological polar surface area (TPSA) is 28.2 Å². The van der Waals surface area contributed by atoms with Crippen molar-refractivity contribution in [1.29, 1.82) is 0 Å². The predicted molar refractivity (Wildman–Crippen MR) is 84.0 cm³/mol. The Kier molecular flexibility index (Phi) is 3.87. The van der Waals surface area contributed by atoms with Crippen LogP contribution in [0.5, 0.6) is 0 Å². The molecule has 0 bridgehead atoms. The Morgan fingerprint density at radius 3 is 2.75 bits per heavy atom. The average Bonchev–Trinajstić information content (AvgIpc) is 3.03. The summed E-state index contributed by atoms with van der Waals surface area (Å²) in [5.74, 6) is 0. The Bertz CT molecular complexity index is 538. The van der Waals surface area contributed by atoms with E-state index in [0.717, 1.165) is 19.4 Å². The van der Waals surface area contributed by atoms with Crippen LogP contribution >= 0.6 is 11.3 Å². The molecule has 3 rings (SSSR count). The van der Waals surface area contributed by atoms with Gasteiger partial charge in [-0.3, -0.25) is 4.90 Å². The number of piperidine rings is 1. The summed E-state index contributed by atoms with van der Waals surface area (Å²) in [5, 5.41) is 6.95. The zero-order chi connectivity index (χ0) is 14.0. The second-order valence-corrected chi connectivity index (χ2v) is 6.57. The Balaban J connectivity index is 2.05. The van der Waals surface area contributed by atoms with Gasteiger partial charge in [0.1, 0.15) is 5.01 Å². The van der Waals surface area contributed by atoms with E-state index in [-0.39, 0.29) is 5.41 Å². The van der Waals surface area contributed by atoms with Crippen molar-refractivity contribution < 1.29 is 0 Å². The van der Waals surface area contributed by atoms with Crippen molar-refractivity contribution in [3.05, 3.63) is 52.5 Å². The summed E-state index contributed by atoms with van der Waals surface area (Å²) in [5.41, 5.74) is 1.44. The first kappa shape index (κ1) is 13.7. The van der Waals surface area contributed by atoms with Gasteiger partial charge in [-0.05, 0) is 39.0 Å². The first-order valence-electron chi connectivity index (χ1n) is 7.08. The number of thiazole rings is 1. The zero-order valence-electron chi connectivity index (χ0n) is 12.0. The molecule has 1 aromatic heterocycles. The fourth-order valence-corrected chi connectivity index (χ4v) is 4.02. The van der Waals surface area contributed by atoms with Gasteiger partial charge in [-0.1, -0.05) is 30.3 Å². The largest absolute Gasteiger partial charge is 0.302 e. The number of nitrogens with zero attached hydrogens (tertiary/aromatic N) is 2. The van der Waals surface area contributed by atoms with E-state index < -0.39 is 0 Å². The van der Waals surface area contributed by atoms with Crippen molar-refractivity contribution in [3.63, 3.8) is 0 Å². The van der Waals surface area contributed by atoms with Gasteiger partial charge in [-0.2, -0.15) is 0 Å². The van der Waals surface area contributed by atoms with Gasteiger partial charge in [0.15, 0.2) is 0 Å². The van der Waals surface area contributed by atoms with E-state index in [1.807, 2.05) is 6.20 Å². The van der Waals surface area contributed by atoms with Gasteiger partial charge in [-0.25, -0.2) is 4.98 Å². The molecule has 2 atom stereocenters. The van der Waals surface area contributed by atoms with Crippen LogP contribution in [-0.4, -0.2) is 36.7 Å². The van der Waals surface area contributed by atoms with Gasteiger partial charge < -0.3 is 5.32 Å². The number of aromatic nitrogens is 1. The monoisotopic (exact) mass is 287 g/mol. The maximum absolute atomic E-state index is 4.65. The highest BCUT2D eigenvalue weighted by Crippen LogP contribution is 2.42. The molecule has 20 heavy (non-hydrogen) atoms. The number of hydrogen-bond acceptors (Lipinski definition) is 4. The molecular formula is C16H21N3S. The molecule has 0 aliphatic carbocycles. The van der Waals surface area contributed by atoms with Crippen molar-refractivity contribution in [2.45, 2.75) is 24.4 Å². The van der Waals surface area contributed by atoms with Gasteiger partial charge in [0, 0.05) is 11.6 Å². The minimum absolute atomic E-state index is 0.0512. The van der Waals surface area contributed by atoms with Crippen molar-refractivity contribution in [3.8, 4) is 0 Å². The quantitative estimate of drug-likeness (QED) is 0.941. The summed E-state index contributed by atoms with van der Waals surface area (Å²) in [7, 11) is 4.28. The van der Waals surface area contributed by atoms with Crippen LogP contribution in [0.4, 0.5) is 0 Å². The van der Waals surface area contributed by atoms with Crippen LogP contribution in [0, 0.1) is 0 Å². The van der Waals surface area contributed by atoms with E-state index in [2.05, 4.69) is 65.0 Å². The van der Waals surface area contributed by atoms with E-state index in [4.69, 9.17) is 0 Å². The first-order valence-corrected chi connectivity index (χ1v) is 7.96. The van der Waals surface area contributed by atoms with Crippen LogP contribution in [-0.2, 0) is 5.41 Å². The standard InChI is InChI=1S/C16H21N3S/c1-19(2)14-12-16(8-9-17-14,15-18-10-11-20-15)13-6-4-3-5-7-13/h3-7,10-11,14,17H,8-9,12H2,1-2H3. The van der Waals surface area contributed by atoms with Gasteiger partial charge in [-0.15, -0.1) is 11.3 Å². The molecule has 4 heteroatoms. The molecule has 106 valence electrons. The Hall–Kier alpha value is -1.23. The molecule has 1 aliphatic heterocycles. The molecule has 0 saturated carbocycles. The van der Waals surface area contributed by atoms with E-state index >= 15 is 0 Å². The van der Waals surface area contributed by atoms with Crippen molar-refractivity contribution in [2.24, 2.45) is 0 Å². The molecule has 3 nitrogen and oxygen atoms in total. The van der Waals surface area contributed by atoms with Gasteiger partial charge in [0.05, 0.1) is 11.6 Å². The predicted octanol–water partition coefficient (Wildman–Crippen LogP) is 2.70. The van der Waals surface area contributed by atoms with Crippen molar-refractivity contribution in [2.75, 3.05) is 20.6 Å². The molecular weight excluding hydrogens is 266 g/mol. The fourth-order valence-electron chi connectivity index (χ4n) is 3.12. The maximum Gasteiger partial charge on any atom is 0.103 e. The van der Waals surface area contributed by atoms with Crippen LogP contribution in [0.15, 0.2) is 41.9 Å². The van der Waals surface area contributed by atoms with Crippen LogP contribution in [0.2, 0.25) is 0 Å². The molecule has 0 spiro atoms. The van der Waals surface area contributed by atoms with E-state index in [1.165, 1.54) is 10.6 Å². The normalized spacial score (nSPS) is 26.9. The minimum Gasteiger partial charge on any atom is -0.302 e. The molecule has 0 amide bonds. The second-order valence-electron chi connectivity index (χ2n) is 5.67. The maximum atomic E-state index is 4.65. The smallest absolute Gasteiger partial charge is 0.103 e. The van der Waals surface area contributed by atoms with Crippen LogP contribution in [0.3, 0.4) is 0 Å².